The molecule has 0 aliphatic rings. The number of hydrogen-bond acceptors (Lipinski definition) is 6. The maximum atomic E-state index is 13.0. The second-order valence-electron chi connectivity index (χ2n) is 8.00. The summed E-state index contributed by atoms with van der Waals surface area (Å²) in [6.45, 7) is 7.13. The Morgan fingerprint density at radius 1 is 1.10 bits per heavy atom. The van der Waals surface area contributed by atoms with E-state index in [1.807, 2.05) is 13.0 Å². The maximum absolute atomic E-state index is 13.0. The third-order valence-electron chi connectivity index (χ3n) is 4.48. The topological polar surface area (TPSA) is 101 Å². The Bertz CT molecular complexity index is 1080. The summed E-state index contributed by atoms with van der Waals surface area (Å²) in [5.74, 6) is -0.405. The summed E-state index contributed by atoms with van der Waals surface area (Å²) in [5, 5.41) is 12.1. The molecule has 0 aliphatic heterocycles. The predicted octanol–water partition coefficient (Wildman–Crippen LogP) is 4.26. The molecule has 1 amide bonds. The van der Waals surface area contributed by atoms with Crippen LogP contribution in [0.5, 0.6) is 5.75 Å². The first kappa shape index (κ1) is 21.3. The summed E-state index contributed by atoms with van der Waals surface area (Å²) in [6, 6.07) is 11.7. The fourth-order valence-electron chi connectivity index (χ4n) is 3.03. The number of rotatable bonds is 5. The molecule has 1 unspecified atom stereocenters. The van der Waals surface area contributed by atoms with Gasteiger partial charge in [-0.2, -0.15) is 0 Å². The van der Waals surface area contributed by atoms with Crippen LogP contribution in [0.3, 0.4) is 0 Å². The van der Waals surface area contributed by atoms with Crippen molar-refractivity contribution < 1.29 is 19.4 Å². The molecule has 1 atom stereocenters. The zero-order valence-corrected chi connectivity index (χ0v) is 17.4. The summed E-state index contributed by atoms with van der Waals surface area (Å²) in [7, 11) is 0. The third-order valence-corrected chi connectivity index (χ3v) is 4.48. The van der Waals surface area contributed by atoms with Gasteiger partial charge in [0.25, 0.3) is 0 Å². The quantitative estimate of drug-likeness (QED) is 0.432. The minimum atomic E-state index is -0.604. The van der Waals surface area contributed by atoms with Gasteiger partial charge in [-0.1, -0.05) is 24.3 Å². The fraction of sp³-hybridized carbons (Fsp3) is 0.261. The van der Waals surface area contributed by atoms with E-state index in [0.29, 0.717) is 11.1 Å². The first-order chi connectivity index (χ1) is 14.2. The molecule has 1 aromatic heterocycles. The Balaban J connectivity index is 1.76. The van der Waals surface area contributed by atoms with Gasteiger partial charge in [0.1, 0.15) is 11.4 Å². The van der Waals surface area contributed by atoms with E-state index in [9.17, 15) is 14.7 Å². The molecular formula is C23H25N3O4. The SMILES string of the molecule is CC(NNC(=O)OC(C)(C)C)c1ccc(C(=O)c2cccc3cnccc23)c(O)c1. The van der Waals surface area contributed by atoms with E-state index >= 15 is 0 Å². The number of aromatic hydroxyl groups is 1. The van der Waals surface area contributed by atoms with Gasteiger partial charge in [0.2, 0.25) is 0 Å². The third kappa shape index (κ3) is 4.93. The van der Waals surface area contributed by atoms with Crippen molar-refractivity contribution in [2.75, 3.05) is 0 Å². The second kappa shape index (κ2) is 8.51. The molecule has 0 aliphatic carbocycles. The zero-order valence-electron chi connectivity index (χ0n) is 17.4. The van der Waals surface area contributed by atoms with E-state index in [1.54, 1.807) is 63.5 Å². The molecule has 1 heterocycles. The molecule has 0 bridgehead atoms. The van der Waals surface area contributed by atoms with Crippen LogP contribution in [-0.2, 0) is 4.74 Å². The van der Waals surface area contributed by atoms with Gasteiger partial charge in [-0.05, 0) is 56.8 Å². The van der Waals surface area contributed by atoms with Crippen molar-refractivity contribution in [3.63, 3.8) is 0 Å². The van der Waals surface area contributed by atoms with Crippen LogP contribution in [0.4, 0.5) is 4.79 Å². The van der Waals surface area contributed by atoms with Gasteiger partial charge in [0.15, 0.2) is 5.78 Å². The van der Waals surface area contributed by atoms with Gasteiger partial charge in [-0.15, -0.1) is 0 Å². The fourth-order valence-corrected chi connectivity index (χ4v) is 3.03. The van der Waals surface area contributed by atoms with E-state index in [4.69, 9.17) is 4.74 Å². The van der Waals surface area contributed by atoms with Crippen LogP contribution in [0.15, 0.2) is 54.9 Å². The van der Waals surface area contributed by atoms with Gasteiger partial charge in [-0.25, -0.2) is 10.2 Å². The molecule has 2 aromatic carbocycles. The lowest BCUT2D eigenvalue weighted by Gasteiger charge is -2.21. The highest BCUT2D eigenvalue weighted by molar-refractivity contribution is 6.17. The average molecular weight is 407 g/mol. The largest absolute Gasteiger partial charge is 0.507 e. The molecule has 3 aromatic rings. The lowest BCUT2D eigenvalue weighted by atomic mass is 9.96. The summed E-state index contributed by atoms with van der Waals surface area (Å²) >= 11 is 0. The summed E-state index contributed by atoms with van der Waals surface area (Å²) in [4.78, 5) is 28.9. The van der Waals surface area contributed by atoms with Crippen molar-refractivity contribution in [3.05, 3.63) is 71.5 Å². The van der Waals surface area contributed by atoms with Crippen molar-refractivity contribution in [1.82, 2.24) is 15.8 Å². The average Bonchev–Trinajstić information content (AvgIpc) is 2.69. The number of phenolic OH excluding ortho intramolecular Hbond substituents is 1. The number of aromatic nitrogens is 1. The molecule has 0 radical (unpaired) electrons. The smallest absolute Gasteiger partial charge is 0.422 e. The van der Waals surface area contributed by atoms with Crippen LogP contribution in [0.1, 0.15) is 55.2 Å². The van der Waals surface area contributed by atoms with E-state index in [-0.39, 0.29) is 23.1 Å². The summed E-state index contributed by atoms with van der Waals surface area (Å²) < 4.78 is 5.17. The number of fused-ring (bicyclic) bond motifs is 1. The highest BCUT2D eigenvalue weighted by Gasteiger charge is 2.19. The van der Waals surface area contributed by atoms with Crippen molar-refractivity contribution in [2.45, 2.75) is 39.3 Å². The van der Waals surface area contributed by atoms with Crippen LogP contribution < -0.4 is 10.9 Å². The lowest BCUT2D eigenvalue weighted by Crippen LogP contribution is -2.42. The predicted molar refractivity (Wildman–Crippen MR) is 114 cm³/mol. The van der Waals surface area contributed by atoms with Gasteiger partial charge < -0.3 is 9.84 Å². The van der Waals surface area contributed by atoms with Crippen LogP contribution in [0.25, 0.3) is 10.8 Å². The molecule has 0 saturated carbocycles. The molecule has 3 N–H and O–H groups in total. The van der Waals surface area contributed by atoms with Gasteiger partial charge in [0, 0.05) is 29.4 Å². The van der Waals surface area contributed by atoms with E-state index in [1.165, 1.54) is 6.07 Å². The van der Waals surface area contributed by atoms with Crippen molar-refractivity contribution in [2.24, 2.45) is 0 Å². The summed E-state index contributed by atoms with van der Waals surface area (Å²) in [6.07, 6.45) is 2.73. The highest BCUT2D eigenvalue weighted by atomic mass is 16.6. The summed E-state index contributed by atoms with van der Waals surface area (Å²) in [5.41, 5.74) is 6.09. The number of amides is 1. The van der Waals surface area contributed by atoms with Gasteiger partial charge in [0.05, 0.1) is 5.56 Å². The normalized spacial score (nSPS) is 12.4. The van der Waals surface area contributed by atoms with Crippen molar-refractivity contribution >= 4 is 22.6 Å². The van der Waals surface area contributed by atoms with E-state index < -0.39 is 11.7 Å². The number of phenols is 1. The van der Waals surface area contributed by atoms with Crippen LogP contribution in [0, 0.1) is 0 Å². The molecule has 7 heteroatoms. The van der Waals surface area contributed by atoms with Gasteiger partial charge >= 0.3 is 6.09 Å². The number of ether oxygens (including phenoxy) is 1. The minimum Gasteiger partial charge on any atom is -0.507 e. The van der Waals surface area contributed by atoms with Crippen molar-refractivity contribution in [3.8, 4) is 5.75 Å². The van der Waals surface area contributed by atoms with E-state index in [2.05, 4.69) is 15.8 Å². The number of hydrogen-bond donors (Lipinski definition) is 3. The first-order valence-electron chi connectivity index (χ1n) is 9.60. The van der Waals surface area contributed by atoms with Gasteiger partial charge in [-0.3, -0.25) is 15.2 Å². The Hall–Kier alpha value is -3.45. The zero-order chi connectivity index (χ0) is 21.9. The number of pyridine rings is 1. The number of benzene rings is 2. The number of hydrazine groups is 1. The number of carbonyl (C=O) groups excluding carboxylic acids is 2. The molecular weight excluding hydrogens is 382 g/mol. The minimum absolute atomic E-state index is 0.130. The number of ketones is 1. The molecule has 0 fully saturated rings. The van der Waals surface area contributed by atoms with Crippen LogP contribution in [0.2, 0.25) is 0 Å². The first-order valence-corrected chi connectivity index (χ1v) is 9.60. The number of nitrogens with one attached hydrogen (secondary N) is 2. The molecule has 3 rings (SSSR count). The lowest BCUT2D eigenvalue weighted by molar-refractivity contribution is 0.0489. The van der Waals surface area contributed by atoms with Crippen LogP contribution >= 0.6 is 0 Å². The Morgan fingerprint density at radius 3 is 2.57 bits per heavy atom. The van der Waals surface area contributed by atoms with E-state index in [0.717, 1.165) is 10.8 Å². The van der Waals surface area contributed by atoms with Crippen LogP contribution in [-0.4, -0.2) is 27.6 Å². The maximum Gasteiger partial charge on any atom is 0.422 e. The number of carbonyl (C=O) groups is 2. The molecule has 30 heavy (non-hydrogen) atoms. The standard InChI is InChI=1S/C23H25N3O4/c1-14(25-26-22(29)30-23(2,3)4)15-8-9-19(20(27)12-15)21(28)18-7-5-6-16-13-24-11-10-17(16)18/h5-14,25,27H,1-4H3,(H,26,29). The van der Waals surface area contributed by atoms with Crippen molar-refractivity contribution in [1.29, 1.82) is 0 Å². The Labute approximate surface area is 175 Å². The molecule has 7 nitrogen and oxygen atoms in total. The second-order valence-corrected chi connectivity index (χ2v) is 8.00. The highest BCUT2D eigenvalue weighted by Crippen LogP contribution is 2.27. The Morgan fingerprint density at radius 2 is 1.87 bits per heavy atom. The molecule has 0 spiro atoms. The Kier molecular flexibility index (Phi) is 6.03. The molecule has 0 saturated heterocycles. The monoisotopic (exact) mass is 407 g/mol. The molecule has 156 valence electrons. The number of nitrogens with zero attached hydrogens (tertiary/aromatic N) is 1.